The number of hydrogen-bond donors (Lipinski definition) is 1. The second-order valence-electron chi connectivity index (χ2n) is 5.14. The van der Waals surface area contributed by atoms with Crippen LogP contribution >= 0.6 is 0 Å². The van der Waals surface area contributed by atoms with Crippen LogP contribution in [0.4, 0.5) is 10.1 Å². The fourth-order valence-electron chi connectivity index (χ4n) is 2.14. The van der Waals surface area contributed by atoms with Crippen molar-refractivity contribution in [2.24, 2.45) is 0 Å². The van der Waals surface area contributed by atoms with Crippen LogP contribution in [0.5, 0.6) is 0 Å². The predicted octanol–water partition coefficient (Wildman–Crippen LogP) is 3.74. The zero-order valence-corrected chi connectivity index (χ0v) is 12.6. The molecule has 0 atom stereocenters. The van der Waals surface area contributed by atoms with E-state index in [0.717, 1.165) is 5.56 Å². The summed E-state index contributed by atoms with van der Waals surface area (Å²) in [5.41, 5.74) is 2.46. The molecule has 1 N–H and O–H groups in total. The van der Waals surface area contributed by atoms with Gasteiger partial charge >= 0.3 is 0 Å². The smallest absolute Gasteiger partial charge is 0.257 e. The second kappa shape index (κ2) is 6.00. The SMILES string of the molecule is Cc1noc(-c2ccc(C(=O)Nc3ccc(F)cc3C)cc2)n1. The average Bonchev–Trinajstić information content (AvgIpc) is 2.97. The Labute approximate surface area is 132 Å². The van der Waals surface area contributed by atoms with Crippen LogP contribution in [0.25, 0.3) is 11.5 Å². The van der Waals surface area contributed by atoms with Gasteiger partial charge in [-0.3, -0.25) is 4.79 Å². The van der Waals surface area contributed by atoms with E-state index < -0.39 is 0 Å². The molecular formula is C17H14FN3O2. The van der Waals surface area contributed by atoms with Crippen LogP contribution in [-0.4, -0.2) is 16.0 Å². The Balaban J connectivity index is 1.77. The van der Waals surface area contributed by atoms with Gasteiger partial charge in [0.25, 0.3) is 11.8 Å². The van der Waals surface area contributed by atoms with Crippen LogP contribution in [0.1, 0.15) is 21.7 Å². The van der Waals surface area contributed by atoms with Crippen molar-refractivity contribution in [3.63, 3.8) is 0 Å². The second-order valence-corrected chi connectivity index (χ2v) is 5.14. The summed E-state index contributed by atoms with van der Waals surface area (Å²) in [6, 6.07) is 11.0. The molecule has 0 spiro atoms. The first-order chi connectivity index (χ1) is 11.0. The molecule has 1 aromatic heterocycles. The van der Waals surface area contributed by atoms with E-state index in [2.05, 4.69) is 15.5 Å². The number of amides is 1. The fraction of sp³-hybridized carbons (Fsp3) is 0.118. The van der Waals surface area contributed by atoms with Crippen molar-refractivity contribution in [1.29, 1.82) is 0 Å². The molecule has 1 amide bonds. The molecule has 0 fully saturated rings. The van der Waals surface area contributed by atoms with Crippen LogP contribution in [0.3, 0.4) is 0 Å². The van der Waals surface area contributed by atoms with Gasteiger partial charge in [0.15, 0.2) is 5.82 Å². The number of nitrogens with one attached hydrogen (secondary N) is 1. The first-order valence-corrected chi connectivity index (χ1v) is 7.01. The Kier molecular flexibility index (Phi) is 3.89. The normalized spacial score (nSPS) is 10.6. The Morgan fingerprint density at radius 2 is 1.87 bits per heavy atom. The first-order valence-electron chi connectivity index (χ1n) is 7.01. The maximum absolute atomic E-state index is 13.1. The molecule has 1 heterocycles. The Morgan fingerprint density at radius 1 is 1.13 bits per heavy atom. The fourth-order valence-corrected chi connectivity index (χ4v) is 2.14. The Bertz CT molecular complexity index is 857. The molecule has 0 bridgehead atoms. The van der Waals surface area contributed by atoms with E-state index in [1.807, 2.05) is 0 Å². The molecule has 116 valence electrons. The number of hydrogen-bond acceptors (Lipinski definition) is 4. The molecule has 0 unspecified atom stereocenters. The number of halogens is 1. The van der Waals surface area contributed by atoms with Crippen LogP contribution in [0, 0.1) is 19.7 Å². The standard InChI is InChI=1S/C17H14FN3O2/c1-10-9-14(18)7-8-15(10)20-16(22)12-3-5-13(6-4-12)17-19-11(2)21-23-17/h3-9H,1-2H3,(H,20,22). The number of rotatable bonds is 3. The third-order valence-electron chi connectivity index (χ3n) is 3.36. The lowest BCUT2D eigenvalue weighted by Crippen LogP contribution is -2.12. The summed E-state index contributed by atoms with van der Waals surface area (Å²) in [6.07, 6.45) is 0. The maximum Gasteiger partial charge on any atom is 0.257 e. The van der Waals surface area contributed by atoms with E-state index in [1.54, 1.807) is 38.1 Å². The molecular weight excluding hydrogens is 297 g/mol. The highest BCUT2D eigenvalue weighted by Crippen LogP contribution is 2.20. The lowest BCUT2D eigenvalue weighted by atomic mass is 10.1. The summed E-state index contributed by atoms with van der Waals surface area (Å²) in [7, 11) is 0. The molecule has 2 aromatic carbocycles. The molecule has 5 nitrogen and oxygen atoms in total. The van der Waals surface area contributed by atoms with Crippen LogP contribution < -0.4 is 5.32 Å². The van der Waals surface area contributed by atoms with Gasteiger partial charge in [-0.1, -0.05) is 5.16 Å². The van der Waals surface area contributed by atoms with Gasteiger partial charge in [-0.05, 0) is 61.9 Å². The van der Waals surface area contributed by atoms with Crippen LogP contribution in [-0.2, 0) is 0 Å². The molecule has 6 heteroatoms. The van der Waals surface area contributed by atoms with Crippen molar-refractivity contribution >= 4 is 11.6 Å². The molecule has 0 aliphatic carbocycles. The maximum atomic E-state index is 13.1. The molecule has 3 rings (SSSR count). The van der Waals surface area contributed by atoms with Gasteiger partial charge in [-0.25, -0.2) is 4.39 Å². The van der Waals surface area contributed by atoms with Crippen LogP contribution in [0.15, 0.2) is 47.0 Å². The third kappa shape index (κ3) is 3.26. The summed E-state index contributed by atoms with van der Waals surface area (Å²) in [5, 5.41) is 6.49. The Hall–Kier alpha value is -3.02. The quantitative estimate of drug-likeness (QED) is 0.800. The van der Waals surface area contributed by atoms with Crippen LogP contribution in [0.2, 0.25) is 0 Å². The molecule has 23 heavy (non-hydrogen) atoms. The van der Waals surface area contributed by atoms with Crippen molar-refractivity contribution in [3.8, 4) is 11.5 Å². The van der Waals surface area contributed by atoms with Crippen molar-refractivity contribution in [2.45, 2.75) is 13.8 Å². The van der Waals surface area contributed by atoms with Gasteiger partial charge in [0.1, 0.15) is 5.82 Å². The number of anilines is 1. The Morgan fingerprint density at radius 3 is 2.48 bits per heavy atom. The zero-order valence-electron chi connectivity index (χ0n) is 12.6. The summed E-state index contributed by atoms with van der Waals surface area (Å²) in [4.78, 5) is 16.4. The van der Waals surface area contributed by atoms with E-state index in [1.165, 1.54) is 18.2 Å². The highest BCUT2D eigenvalue weighted by molar-refractivity contribution is 6.04. The van der Waals surface area contributed by atoms with Crippen molar-refractivity contribution in [1.82, 2.24) is 10.1 Å². The topological polar surface area (TPSA) is 68.0 Å². The summed E-state index contributed by atoms with van der Waals surface area (Å²) < 4.78 is 18.2. The highest BCUT2D eigenvalue weighted by atomic mass is 19.1. The number of benzene rings is 2. The minimum Gasteiger partial charge on any atom is -0.334 e. The van der Waals surface area contributed by atoms with Gasteiger partial charge in [0, 0.05) is 16.8 Å². The van der Waals surface area contributed by atoms with E-state index in [-0.39, 0.29) is 11.7 Å². The van der Waals surface area contributed by atoms with E-state index in [4.69, 9.17) is 4.52 Å². The molecule has 0 aliphatic heterocycles. The summed E-state index contributed by atoms with van der Waals surface area (Å²) in [5.74, 6) is 0.352. The lowest BCUT2D eigenvalue weighted by Gasteiger charge is -2.08. The molecule has 0 radical (unpaired) electrons. The predicted molar refractivity (Wildman–Crippen MR) is 83.6 cm³/mol. The van der Waals surface area contributed by atoms with E-state index >= 15 is 0 Å². The first kappa shape index (κ1) is 14.9. The minimum atomic E-state index is -0.334. The van der Waals surface area contributed by atoms with Crippen molar-refractivity contribution < 1.29 is 13.7 Å². The third-order valence-corrected chi connectivity index (χ3v) is 3.36. The lowest BCUT2D eigenvalue weighted by molar-refractivity contribution is 0.102. The molecule has 0 saturated heterocycles. The van der Waals surface area contributed by atoms with E-state index in [0.29, 0.717) is 28.5 Å². The van der Waals surface area contributed by atoms with Crippen molar-refractivity contribution in [3.05, 3.63) is 65.2 Å². The molecule has 0 saturated carbocycles. The largest absolute Gasteiger partial charge is 0.334 e. The number of aryl methyl sites for hydroxylation is 2. The van der Waals surface area contributed by atoms with Gasteiger partial charge in [-0.2, -0.15) is 4.98 Å². The molecule has 3 aromatic rings. The summed E-state index contributed by atoms with van der Waals surface area (Å²) in [6.45, 7) is 3.47. The minimum absolute atomic E-state index is 0.270. The summed E-state index contributed by atoms with van der Waals surface area (Å²) >= 11 is 0. The number of carbonyl (C=O) groups is 1. The highest BCUT2D eigenvalue weighted by Gasteiger charge is 2.10. The van der Waals surface area contributed by atoms with Gasteiger partial charge < -0.3 is 9.84 Å². The number of nitrogens with zero attached hydrogens (tertiary/aromatic N) is 2. The average molecular weight is 311 g/mol. The number of aromatic nitrogens is 2. The molecule has 0 aliphatic rings. The van der Waals surface area contributed by atoms with Gasteiger partial charge in [0.05, 0.1) is 0 Å². The number of carbonyl (C=O) groups excluding carboxylic acids is 1. The zero-order chi connectivity index (χ0) is 16.4. The van der Waals surface area contributed by atoms with E-state index in [9.17, 15) is 9.18 Å². The van der Waals surface area contributed by atoms with Gasteiger partial charge in [-0.15, -0.1) is 0 Å². The monoisotopic (exact) mass is 311 g/mol. The van der Waals surface area contributed by atoms with Crippen molar-refractivity contribution in [2.75, 3.05) is 5.32 Å². The van der Waals surface area contributed by atoms with Gasteiger partial charge in [0.2, 0.25) is 0 Å².